The first-order chi connectivity index (χ1) is 14.7. The third-order valence-electron chi connectivity index (χ3n) is 4.98. The van der Waals surface area contributed by atoms with E-state index in [1.807, 2.05) is 28.9 Å². The summed E-state index contributed by atoms with van der Waals surface area (Å²) in [6.45, 7) is 1.51. The molecule has 0 fully saturated rings. The van der Waals surface area contributed by atoms with Crippen molar-refractivity contribution in [3.8, 4) is 0 Å². The molecule has 0 aliphatic carbocycles. The van der Waals surface area contributed by atoms with Crippen LogP contribution < -0.4 is 10.6 Å². The van der Waals surface area contributed by atoms with Gasteiger partial charge in [0.2, 0.25) is 5.91 Å². The van der Waals surface area contributed by atoms with Crippen LogP contribution >= 0.6 is 0 Å². The quantitative estimate of drug-likeness (QED) is 0.632. The SMILES string of the molecule is O=C(CNC(=O)c1ccccc1)NC[C@H]1OCCc2cn(Cc3ccccc3)nc21. The van der Waals surface area contributed by atoms with Crippen molar-refractivity contribution in [3.63, 3.8) is 0 Å². The van der Waals surface area contributed by atoms with Crippen molar-refractivity contribution in [2.45, 2.75) is 19.1 Å². The average Bonchev–Trinajstić information content (AvgIpc) is 3.20. The number of aromatic nitrogens is 2. The lowest BCUT2D eigenvalue weighted by atomic mass is 10.1. The Bertz CT molecular complexity index is 1000. The molecule has 0 radical (unpaired) electrons. The second-order valence-electron chi connectivity index (χ2n) is 7.18. The zero-order chi connectivity index (χ0) is 20.8. The summed E-state index contributed by atoms with van der Waals surface area (Å²) in [6.07, 6.45) is 2.57. The molecule has 2 N–H and O–H groups in total. The van der Waals surface area contributed by atoms with E-state index in [9.17, 15) is 9.59 Å². The van der Waals surface area contributed by atoms with Gasteiger partial charge in [0.25, 0.3) is 5.91 Å². The number of hydrogen-bond donors (Lipinski definition) is 2. The number of benzene rings is 2. The van der Waals surface area contributed by atoms with E-state index in [4.69, 9.17) is 4.74 Å². The molecule has 0 saturated heterocycles. The lowest BCUT2D eigenvalue weighted by Gasteiger charge is -2.22. The normalized spacial score (nSPS) is 15.3. The first-order valence-electron chi connectivity index (χ1n) is 10.0. The van der Waals surface area contributed by atoms with Crippen LogP contribution in [0.3, 0.4) is 0 Å². The van der Waals surface area contributed by atoms with Crippen LogP contribution in [0.5, 0.6) is 0 Å². The highest BCUT2D eigenvalue weighted by molar-refractivity contribution is 5.96. The van der Waals surface area contributed by atoms with E-state index >= 15 is 0 Å². The molecule has 4 rings (SSSR count). The van der Waals surface area contributed by atoms with E-state index in [2.05, 4.69) is 34.1 Å². The van der Waals surface area contributed by atoms with E-state index in [1.165, 1.54) is 5.56 Å². The number of hydrogen-bond acceptors (Lipinski definition) is 4. The Labute approximate surface area is 175 Å². The maximum atomic E-state index is 12.2. The van der Waals surface area contributed by atoms with E-state index in [0.29, 0.717) is 25.3 Å². The number of rotatable bonds is 7. The molecular weight excluding hydrogens is 380 g/mol. The van der Waals surface area contributed by atoms with Gasteiger partial charge in [-0.25, -0.2) is 0 Å². The minimum absolute atomic E-state index is 0.0875. The van der Waals surface area contributed by atoms with Crippen molar-refractivity contribution in [3.05, 3.63) is 89.2 Å². The summed E-state index contributed by atoms with van der Waals surface area (Å²) in [6, 6.07) is 19.0. The number of amides is 2. The van der Waals surface area contributed by atoms with Crippen molar-refractivity contribution in [1.82, 2.24) is 20.4 Å². The molecule has 1 atom stereocenters. The molecule has 7 nitrogen and oxygen atoms in total. The standard InChI is InChI=1S/C23H24N4O3/c28-21(14-25-23(29)18-9-5-2-6-10-18)24-13-20-22-19(11-12-30-20)16-27(26-22)15-17-7-3-1-4-8-17/h1-10,16,20H,11-15H2,(H,24,28)(H,25,29)/t20-/m1/s1. The van der Waals surface area contributed by atoms with Crippen LogP contribution in [0, 0.1) is 0 Å². The molecule has 2 amide bonds. The summed E-state index contributed by atoms with van der Waals surface area (Å²) in [5, 5.41) is 10.1. The molecule has 0 unspecified atom stereocenters. The lowest BCUT2D eigenvalue weighted by Crippen LogP contribution is -2.39. The van der Waals surface area contributed by atoms with E-state index in [0.717, 1.165) is 17.7 Å². The van der Waals surface area contributed by atoms with E-state index < -0.39 is 0 Å². The van der Waals surface area contributed by atoms with E-state index in [-0.39, 0.29) is 24.5 Å². The van der Waals surface area contributed by atoms with Gasteiger partial charge in [0.1, 0.15) is 6.10 Å². The fourth-order valence-corrected chi connectivity index (χ4v) is 3.46. The van der Waals surface area contributed by atoms with Gasteiger partial charge in [-0.15, -0.1) is 0 Å². The van der Waals surface area contributed by atoms with Gasteiger partial charge in [-0.2, -0.15) is 5.10 Å². The zero-order valence-corrected chi connectivity index (χ0v) is 16.6. The van der Waals surface area contributed by atoms with Gasteiger partial charge >= 0.3 is 0 Å². The minimum Gasteiger partial charge on any atom is -0.370 e. The molecule has 2 aromatic carbocycles. The Balaban J connectivity index is 1.30. The van der Waals surface area contributed by atoms with Gasteiger partial charge in [0.15, 0.2) is 0 Å². The van der Waals surface area contributed by atoms with Gasteiger partial charge in [0, 0.05) is 18.3 Å². The topological polar surface area (TPSA) is 85.3 Å². The van der Waals surface area contributed by atoms with Gasteiger partial charge in [-0.3, -0.25) is 14.3 Å². The Hall–Kier alpha value is -3.45. The molecule has 1 aromatic heterocycles. The number of ether oxygens (including phenoxy) is 1. The summed E-state index contributed by atoms with van der Waals surface area (Å²) in [5.74, 6) is -0.541. The number of nitrogens with one attached hydrogen (secondary N) is 2. The average molecular weight is 404 g/mol. The molecule has 30 heavy (non-hydrogen) atoms. The third-order valence-corrected chi connectivity index (χ3v) is 4.98. The summed E-state index contributed by atoms with van der Waals surface area (Å²) in [4.78, 5) is 24.2. The largest absolute Gasteiger partial charge is 0.370 e. The van der Waals surface area contributed by atoms with Gasteiger partial charge in [-0.1, -0.05) is 48.5 Å². The van der Waals surface area contributed by atoms with E-state index in [1.54, 1.807) is 24.3 Å². The van der Waals surface area contributed by atoms with Crippen molar-refractivity contribution < 1.29 is 14.3 Å². The maximum Gasteiger partial charge on any atom is 0.251 e. The molecule has 0 saturated carbocycles. The molecule has 1 aliphatic rings. The molecule has 154 valence electrons. The Morgan fingerprint density at radius 3 is 2.53 bits per heavy atom. The zero-order valence-electron chi connectivity index (χ0n) is 16.6. The van der Waals surface area contributed by atoms with Gasteiger partial charge < -0.3 is 15.4 Å². The van der Waals surface area contributed by atoms with Crippen molar-refractivity contribution >= 4 is 11.8 Å². The second kappa shape index (κ2) is 9.37. The highest BCUT2D eigenvalue weighted by Gasteiger charge is 2.25. The van der Waals surface area contributed by atoms with Crippen LogP contribution in [0.2, 0.25) is 0 Å². The number of carbonyl (C=O) groups is 2. The summed E-state index contributed by atoms with van der Waals surface area (Å²) in [5.41, 5.74) is 3.71. The number of fused-ring (bicyclic) bond motifs is 1. The third kappa shape index (κ3) is 4.93. The molecule has 7 heteroatoms. The minimum atomic E-state index is -0.292. The van der Waals surface area contributed by atoms with Crippen LogP contribution in [-0.2, 0) is 22.5 Å². The molecule has 0 bridgehead atoms. The van der Waals surface area contributed by atoms with Crippen LogP contribution in [0.25, 0.3) is 0 Å². The highest BCUT2D eigenvalue weighted by Crippen LogP contribution is 2.25. The lowest BCUT2D eigenvalue weighted by molar-refractivity contribution is -0.120. The van der Waals surface area contributed by atoms with Gasteiger partial charge in [0.05, 0.1) is 25.4 Å². The fourth-order valence-electron chi connectivity index (χ4n) is 3.46. The number of nitrogens with zero attached hydrogens (tertiary/aromatic N) is 2. The fraction of sp³-hybridized carbons (Fsp3) is 0.261. The monoisotopic (exact) mass is 404 g/mol. The molecule has 3 aromatic rings. The Morgan fingerprint density at radius 2 is 1.77 bits per heavy atom. The Morgan fingerprint density at radius 1 is 1.03 bits per heavy atom. The first kappa shape index (κ1) is 19.8. The van der Waals surface area contributed by atoms with Crippen LogP contribution in [0.1, 0.15) is 33.3 Å². The highest BCUT2D eigenvalue weighted by atomic mass is 16.5. The number of carbonyl (C=O) groups excluding carboxylic acids is 2. The summed E-state index contributed by atoms with van der Waals surface area (Å²) >= 11 is 0. The predicted molar refractivity (Wildman–Crippen MR) is 112 cm³/mol. The summed E-state index contributed by atoms with van der Waals surface area (Å²) in [7, 11) is 0. The Kier molecular flexibility index (Phi) is 6.20. The molecule has 1 aliphatic heterocycles. The van der Waals surface area contributed by atoms with Crippen LogP contribution in [-0.4, -0.2) is 41.3 Å². The van der Waals surface area contributed by atoms with Crippen molar-refractivity contribution in [2.75, 3.05) is 19.7 Å². The van der Waals surface area contributed by atoms with Crippen molar-refractivity contribution in [2.24, 2.45) is 0 Å². The van der Waals surface area contributed by atoms with Crippen LogP contribution in [0.4, 0.5) is 0 Å². The van der Waals surface area contributed by atoms with Gasteiger partial charge in [-0.05, 0) is 29.7 Å². The van der Waals surface area contributed by atoms with Crippen LogP contribution in [0.15, 0.2) is 66.9 Å². The maximum absolute atomic E-state index is 12.2. The molecule has 2 heterocycles. The first-order valence-corrected chi connectivity index (χ1v) is 10.0. The van der Waals surface area contributed by atoms with Crippen molar-refractivity contribution in [1.29, 1.82) is 0 Å². The second-order valence-corrected chi connectivity index (χ2v) is 7.18. The molecule has 0 spiro atoms. The predicted octanol–water partition coefficient (Wildman–Crippen LogP) is 2.09. The summed E-state index contributed by atoms with van der Waals surface area (Å²) < 4.78 is 7.76. The smallest absolute Gasteiger partial charge is 0.251 e. The molecular formula is C23H24N4O3.